The van der Waals surface area contributed by atoms with Gasteiger partial charge in [-0.3, -0.25) is 9.69 Å². The van der Waals surface area contributed by atoms with E-state index in [9.17, 15) is 4.79 Å². The van der Waals surface area contributed by atoms with Crippen molar-refractivity contribution in [3.8, 4) is 0 Å². The lowest BCUT2D eigenvalue weighted by atomic mass is 9.81. The van der Waals surface area contributed by atoms with Crippen LogP contribution in [0.25, 0.3) is 0 Å². The van der Waals surface area contributed by atoms with Gasteiger partial charge in [-0.15, -0.1) is 0 Å². The van der Waals surface area contributed by atoms with Gasteiger partial charge in [0, 0.05) is 24.5 Å². The Morgan fingerprint density at radius 2 is 1.95 bits per heavy atom. The molecule has 2 aliphatic heterocycles. The second kappa shape index (κ2) is 8.74. The van der Waals surface area contributed by atoms with E-state index >= 15 is 0 Å². The standard InChI is InChI=1S/C17H32N2O2/c1-3-10-18-14-12-15-7-5-8-16(13-14)19(15)11-6-9-17(20)21-4-2/h14-16,18H,3-13H2,1-2H3. The molecule has 21 heavy (non-hydrogen) atoms. The highest BCUT2D eigenvalue weighted by molar-refractivity contribution is 5.69. The molecule has 0 aliphatic carbocycles. The van der Waals surface area contributed by atoms with Gasteiger partial charge < -0.3 is 10.1 Å². The van der Waals surface area contributed by atoms with Crippen LogP contribution in [0.15, 0.2) is 0 Å². The van der Waals surface area contributed by atoms with Gasteiger partial charge in [0.1, 0.15) is 0 Å². The molecule has 0 aromatic heterocycles. The molecule has 0 aromatic carbocycles. The first-order valence-electron chi connectivity index (χ1n) is 8.89. The molecule has 2 aliphatic rings. The summed E-state index contributed by atoms with van der Waals surface area (Å²) in [4.78, 5) is 14.1. The zero-order valence-corrected chi connectivity index (χ0v) is 13.8. The first kappa shape index (κ1) is 16.8. The van der Waals surface area contributed by atoms with Gasteiger partial charge >= 0.3 is 5.97 Å². The number of hydrogen-bond donors (Lipinski definition) is 1. The van der Waals surface area contributed by atoms with E-state index in [2.05, 4.69) is 17.1 Å². The van der Waals surface area contributed by atoms with Crippen molar-refractivity contribution in [3.63, 3.8) is 0 Å². The van der Waals surface area contributed by atoms with Crippen LogP contribution >= 0.6 is 0 Å². The molecular weight excluding hydrogens is 264 g/mol. The van der Waals surface area contributed by atoms with Crippen molar-refractivity contribution >= 4 is 5.97 Å². The number of esters is 1. The molecule has 122 valence electrons. The monoisotopic (exact) mass is 296 g/mol. The van der Waals surface area contributed by atoms with Gasteiger partial charge in [-0.25, -0.2) is 0 Å². The Kier molecular flexibility index (Phi) is 6.97. The summed E-state index contributed by atoms with van der Waals surface area (Å²) in [6.07, 6.45) is 9.35. The average Bonchev–Trinajstić information content (AvgIpc) is 2.45. The SMILES string of the molecule is CCCNC1CC2CCCC(C1)N2CCCC(=O)OCC. The molecular formula is C17H32N2O2. The van der Waals surface area contributed by atoms with Crippen molar-refractivity contribution in [2.45, 2.75) is 83.3 Å². The predicted octanol–water partition coefficient (Wildman–Crippen LogP) is 2.71. The van der Waals surface area contributed by atoms with Gasteiger partial charge in [-0.2, -0.15) is 0 Å². The van der Waals surface area contributed by atoms with Crippen LogP contribution in [0.4, 0.5) is 0 Å². The Morgan fingerprint density at radius 1 is 1.24 bits per heavy atom. The topological polar surface area (TPSA) is 41.6 Å². The van der Waals surface area contributed by atoms with Gasteiger partial charge in [0.05, 0.1) is 6.61 Å². The van der Waals surface area contributed by atoms with Gasteiger partial charge in [-0.05, 0) is 58.5 Å². The normalized spacial score (nSPS) is 29.3. The van der Waals surface area contributed by atoms with Gasteiger partial charge in [-0.1, -0.05) is 13.3 Å². The van der Waals surface area contributed by atoms with E-state index in [1.54, 1.807) is 0 Å². The lowest BCUT2D eigenvalue weighted by molar-refractivity contribution is -0.143. The van der Waals surface area contributed by atoms with Gasteiger partial charge in [0.2, 0.25) is 0 Å². The van der Waals surface area contributed by atoms with E-state index in [-0.39, 0.29) is 5.97 Å². The molecule has 1 N–H and O–H groups in total. The lowest BCUT2D eigenvalue weighted by Gasteiger charge is -2.49. The number of nitrogens with zero attached hydrogens (tertiary/aromatic N) is 1. The molecule has 4 heteroatoms. The number of fused-ring (bicyclic) bond motifs is 2. The third-order valence-electron chi connectivity index (χ3n) is 4.91. The van der Waals surface area contributed by atoms with Crippen molar-refractivity contribution in [1.29, 1.82) is 0 Å². The first-order valence-corrected chi connectivity index (χ1v) is 8.89. The van der Waals surface area contributed by atoms with Crippen LogP contribution in [0, 0.1) is 0 Å². The molecule has 2 bridgehead atoms. The molecule has 2 saturated heterocycles. The van der Waals surface area contributed by atoms with Crippen molar-refractivity contribution in [2.75, 3.05) is 19.7 Å². The Labute approximate surface area is 129 Å². The molecule has 4 nitrogen and oxygen atoms in total. The number of nitrogens with one attached hydrogen (secondary N) is 1. The average molecular weight is 296 g/mol. The van der Waals surface area contributed by atoms with E-state index in [4.69, 9.17) is 4.74 Å². The molecule has 0 amide bonds. The van der Waals surface area contributed by atoms with Crippen LogP contribution in [0.3, 0.4) is 0 Å². The first-order chi connectivity index (χ1) is 10.2. The second-order valence-corrected chi connectivity index (χ2v) is 6.51. The molecule has 2 fully saturated rings. The Morgan fingerprint density at radius 3 is 2.57 bits per heavy atom. The number of carbonyl (C=O) groups is 1. The zero-order chi connectivity index (χ0) is 15.1. The summed E-state index contributed by atoms with van der Waals surface area (Å²) in [5.74, 6) is -0.0397. The molecule has 0 spiro atoms. The summed E-state index contributed by atoms with van der Waals surface area (Å²) < 4.78 is 5.02. The van der Waals surface area contributed by atoms with E-state index in [1.165, 1.54) is 38.5 Å². The number of ether oxygens (including phenoxy) is 1. The maximum Gasteiger partial charge on any atom is 0.305 e. The van der Waals surface area contributed by atoms with Crippen molar-refractivity contribution < 1.29 is 9.53 Å². The largest absolute Gasteiger partial charge is 0.466 e. The second-order valence-electron chi connectivity index (χ2n) is 6.51. The third kappa shape index (κ3) is 4.96. The van der Waals surface area contributed by atoms with E-state index < -0.39 is 0 Å². The van der Waals surface area contributed by atoms with Crippen LogP contribution in [0.1, 0.15) is 65.2 Å². The minimum absolute atomic E-state index is 0.0397. The minimum atomic E-state index is -0.0397. The molecule has 0 radical (unpaired) electrons. The van der Waals surface area contributed by atoms with Crippen LogP contribution in [0.2, 0.25) is 0 Å². The van der Waals surface area contributed by atoms with E-state index in [1.807, 2.05) is 6.92 Å². The fraction of sp³-hybridized carbons (Fsp3) is 0.941. The summed E-state index contributed by atoms with van der Waals surface area (Å²) in [7, 11) is 0. The molecule has 2 heterocycles. The number of carbonyl (C=O) groups excluding carboxylic acids is 1. The Balaban J connectivity index is 1.77. The Bertz CT molecular complexity index is 308. The molecule has 0 aromatic rings. The highest BCUT2D eigenvalue weighted by atomic mass is 16.5. The summed E-state index contributed by atoms with van der Waals surface area (Å²) >= 11 is 0. The summed E-state index contributed by atoms with van der Waals surface area (Å²) in [5, 5.41) is 3.71. The van der Waals surface area contributed by atoms with Crippen LogP contribution in [-0.4, -0.2) is 48.7 Å². The van der Waals surface area contributed by atoms with Gasteiger partial charge in [0.15, 0.2) is 0 Å². The van der Waals surface area contributed by atoms with Crippen LogP contribution in [0.5, 0.6) is 0 Å². The number of piperidine rings is 2. The quantitative estimate of drug-likeness (QED) is 0.699. The van der Waals surface area contributed by atoms with E-state index in [0.717, 1.165) is 31.6 Å². The third-order valence-corrected chi connectivity index (χ3v) is 4.91. The van der Waals surface area contributed by atoms with Crippen LogP contribution < -0.4 is 5.32 Å². The van der Waals surface area contributed by atoms with Crippen molar-refractivity contribution in [2.24, 2.45) is 0 Å². The lowest BCUT2D eigenvalue weighted by Crippen LogP contribution is -2.56. The summed E-state index contributed by atoms with van der Waals surface area (Å²) in [6, 6.07) is 2.17. The smallest absolute Gasteiger partial charge is 0.305 e. The fourth-order valence-corrected chi connectivity index (χ4v) is 4.00. The van der Waals surface area contributed by atoms with Crippen LogP contribution in [-0.2, 0) is 9.53 Å². The summed E-state index contributed by atoms with van der Waals surface area (Å²) in [5.41, 5.74) is 0. The number of rotatable bonds is 8. The highest BCUT2D eigenvalue weighted by Crippen LogP contribution is 2.34. The molecule has 2 unspecified atom stereocenters. The minimum Gasteiger partial charge on any atom is -0.466 e. The molecule has 2 rings (SSSR count). The fourth-order valence-electron chi connectivity index (χ4n) is 4.00. The van der Waals surface area contributed by atoms with Crippen molar-refractivity contribution in [1.82, 2.24) is 10.2 Å². The highest BCUT2D eigenvalue weighted by Gasteiger charge is 2.37. The zero-order valence-electron chi connectivity index (χ0n) is 13.8. The Hall–Kier alpha value is -0.610. The summed E-state index contributed by atoms with van der Waals surface area (Å²) in [6.45, 7) is 6.81. The van der Waals surface area contributed by atoms with Gasteiger partial charge in [0.25, 0.3) is 0 Å². The maximum absolute atomic E-state index is 11.5. The number of hydrogen-bond acceptors (Lipinski definition) is 4. The van der Waals surface area contributed by atoms with Crippen molar-refractivity contribution in [3.05, 3.63) is 0 Å². The molecule has 2 atom stereocenters. The van der Waals surface area contributed by atoms with E-state index in [0.29, 0.717) is 19.1 Å². The maximum atomic E-state index is 11.5. The predicted molar refractivity (Wildman–Crippen MR) is 85.3 cm³/mol. The molecule has 0 saturated carbocycles.